The number of carbonyl (C=O) groups excluding carboxylic acids is 2. The van der Waals surface area contributed by atoms with E-state index < -0.39 is 17.7 Å². The normalized spacial score (nSPS) is 14.4. The zero-order valence-electron chi connectivity index (χ0n) is 25.5. The number of amides is 2. The molecule has 2 aromatic heterocycles. The van der Waals surface area contributed by atoms with Crippen LogP contribution in [0.5, 0.6) is 0 Å². The Balaban J connectivity index is 1.57. The molecule has 11 heteroatoms. The van der Waals surface area contributed by atoms with Gasteiger partial charge in [0.25, 0.3) is 0 Å². The van der Waals surface area contributed by atoms with E-state index >= 15 is 0 Å². The fourth-order valence-corrected chi connectivity index (χ4v) is 6.87. The highest BCUT2D eigenvalue weighted by Crippen LogP contribution is 2.45. The summed E-state index contributed by atoms with van der Waals surface area (Å²) in [5, 5.41) is 9.81. The van der Waals surface area contributed by atoms with Crippen molar-refractivity contribution in [3.8, 4) is 21.7 Å². The smallest absolute Gasteiger partial charge is 0.339 e. The number of aromatic nitrogens is 3. The highest BCUT2D eigenvalue weighted by molar-refractivity contribution is 7.22. The Morgan fingerprint density at radius 1 is 1.14 bits per heavy atom. The maximum Gasteiger partial charge on any atom is 0.339 e. The first-order valence-electron chi connectivity index (χ1n) is 14.5. The Bertz CT molecular complexity index is 1910. The predicted octanol–water partition coefficient (Wildman–Crippen LogP) is 7.43. The molecule has 0 saturated carbocycles. The standard InChI is InChI=1S/C33H34ClN5O4S/c1-7-42-31(40)27(43-33(3,4)5)25-18(2)16-23-28(26(25)19-8-11-21(34)12-9-19)44-30(36-23)20-10-13-24-22(17-20)29(37-38(24)6)39-15-14-35-32(39)41/h8-13,16-17,27H,7,14-15H2,1-6H3,(H,35,41)/t27-/m0/s1. The molecule has 1 fully saturated rings. The quantitative estimate of drug-likeness (QED) is 0.188. The number of thiazole rings is 1. The average molecular weight is 632 g/mol. The number of anilines is 1. The predicted molar refractivity (Wildman–Crippen MR) is 175 cm³/mol. The van der Waals surface area contributed by atoms with Crippen LogP contribution in [0.2, 0.25) is 5.02 Å². The number of nitrogens with one attached hydrogen (secondary N) is 1. The molecule has 6 rings (SSSR count). The second-order valence-electron chi connectivity index (χ2n) is 11.8. The molecule has 1 saturated heterocycles. The number of urea groups is 1. The van der Waals surface area contributed by atoms with Crippen LogP contribution in [0, 0.1) is 6.92 Å². The third-order valence-electron chi connectivity index (χ3n) is 7.49. The van der Waals surface area contributed by atoms with Crippen molar-refractivity contribution in [2.75, 3.05) is 24.6 Å². The number of benzene rings is 3. The Morgan fingerprint density at radius 3 is 2.52 bits per heavy atom. The van der Waals surface area contributed by atoms with E-state index in [-0.39, 0.29) is 12.6 Å². The van der Waals surface area contributed by atoms with Crippen LogP contribution in [0.4, 0.5) is 10.6 Å². The van der Waals surface area contributed by atoms with E-state index in [1.165, 1.54) is 0 Å². The lowest BCUT2D eigenvalue weighted by Gasteiger charge is -2.29. The molecule has 0 spiro atoms. The third kappa shape index (κ3) is 5.53. The Kier molecular flexibility index (Phi) is 7.85. The van der Waals surface area contributed by atoms with Gasteiger partial charge in [0.1, 0.15) is 5.01 Å². The molecule has 0 radical (unpaired) electrons. The van der Waals surface area contributed by atoms with Gasteiger partial charge in [0.2, 0.25) is 0 Å². The van der Waals surface area contributed by atoms with E-state index in [4.69, 9.17) is 26.1 Å². The fourth-order valence-electron chi connectivity index (χ4n) is 5.63. The summed E-state index contributed by atoms with van der Waals surface area (Å²) < 4.78 is 14.6. The molecule has 1 aliphatic rings. The number of carbonyl (C=O) groups is 2. The molecule has 1 aliphatic heterocycles. The van der Waals surface area contributed by atoms with Crippen molar-refractivity contribution < 1.29 is 19.1 Å². The van der Waals surface area contributed by atoms with Gasteiger partial charge in [-0.2, -0.15) is 5.10 Å². The monoisotopic (exact) mass is 631 g/mol. The van der Waals surface area contributed by atoms with Crippen molar-refractivity contribution >= 4 is 61.9 Å². The van der Waals surface area contributed by atoms with Gasteiger partial charge in [-0.15, -0.1) is 11.3 Å². The summed E-state index contributed by atoms with van der Waals surface area (Å²) >= 11 is 7.83. The van der Waals surface area contributed by atoms with Gasteiger partial charge in [-0.25, -0.2) is 14.6 Å². The van der Waals surface area contributed by atoms with Crippen LogP contribution in [0.3, 0.4) is 0 Å². The number of nitrogens with zero attached hydrogens (tertiary/aromatic N) is 4. The van der Waals surface area contributed by atoms with Crippen LogP contribution in [0.25, 0.3) is 42.8 Å². The average Bonchev–Trinajstić information content (AvgIpc) is 3.67. The molecule has 0 unspecified atom stereocenters. The van der Waals surface area contributed by atoms with Gasteiger partial charge in [-0.1, -0.05) is 23.7 Å². The molecule has 1 N–H and O–H groups in total. The van der Waals surface area contributed by atoms with Gasteiger partial charge in [-0.05, 0) is 82.1 Å². The van der Waals surface area contributed by atoms with Crippen LogP contribution in [0.1, 0.15) is 44.9 Å². The lowest BCUT2D eigenvalue weighted by molar-refractivity contribution is -0.166. The van der Waals surface area contributed by atoms with Crippen molar-refractivity contribution in [2.24, 2.45) is 7.05 Å². The molecule has 1 atom stereocenters. The number of hydrogen-bond donors (Lipinski definition) is 1. The van der Waals surface area contributed by atoms with Gasteiger partial charge in [0, 0.05) is 47.2 Å². The van der Waals surface area contributed by atoms with Crippen molar-refractivity contribution in [1.82, 2.24) is 20.1 Å². The summed E-state index contributed by atoms with van der Waals surface area (Å²) in [6, 6.07) is 15.5. The van der Waals surface area contributed by atoms with Gasteiger partial charge < -0.3 is 14.8 Å². The van der Waals surface area contributed by atoms with E-state index in [2.05, 4.69) is 10.4 Å². The number of esters is 1. The van der Waals surface area contributed by atoms with E-state index in [0.29, 0.717) is 23.9 Å². The molecule has 5 aromatic rings. The minimum absolute atomic E-state index is 0.153. The maximum atomic E-state index is 13.4. The summed E-state index contributed by atoms with van der Waals surface area (Å²) in [7, 11) is 1.87. The number of fused-ring (bicyclic) bond motifs is 2. The second kappa shape index (κ2) is 11.5. The SMILES string of the molecule is CCOC(=O)[C@@H](OC(C)(C)C)c1c(C)cc2nc(-c3ccc4c(c3)c(N3CCNC3=O)nn4C)sc2c1-c1ccc(Cl)cc1. The Labute approximate surface area is 264 Å². The minimum atomic E-state index is -0.948. The van der Waals surface area contributed by atoms with Crippen LogP contribution in [0.15, 0.2) is 48.5 Å². The second-order valence-corrected chi connectivity index (χ2v) is 13.2. The topological polar surface area (TPSA) is 98.6 Å². The van der Waals surface area contributed by atoms with Crippen molar-refractivity contribution in [3.05, 3.63) is 64.7 Å². The number of hydrogen-bond acceptors (Lipinski definition) is 7. The molecular formula is C33H34ClN5O4S. The van der Waals surface area contributed by atoms with Gasteiger partial charge in [0.15, 0.2) is 11.9 Å². The first-order chi connectivity index (χ1) is 20.9. The van der Waals surface area contributed by atoms with E-state index in [9.17, 15) is 9.59 Å². The molecule has 44 heavy (non-hydrogen) atoms. The largest absolute Gasteiger partial charge is 0.464 e. The summed E-state index contributed by atoms with van der Waals surface area (Å²) in [6.07, 6.45) is -0.948. The van der Waals surface area contributed by atoms with Crippen molar-refractivity contribution in [3.63, 3.8) is 0 Å². The van der Waals surface area contributed by atoms with Crippen molar-refractivity contribution in [2.45, 2.75) is 46.3 Å². The first kappa shape index (κ1) is 30.1. The minimum Gasteiger partial charge on any atom is -0.464 e. The lowest BCUT2D eigenvalue weighted by Crippen LogP contribution is -2.29. The molecular weight excluding hydrogens is 598 g/mol. The number of rotatable bonds is 7. The Hall–Kier alpha value is -3.99. The first-order valence-corrected chi connectivity index (χ1v) is 15.7. The number of aryl methyl sites for hydroxylation is 2. The molecule has 9 nitrogen and oxygen atoms in total. The molecule has 0 bridgehead atoms. The lowest BCUT2D eigenvalue weighted by atomic mass is 9.91. The van der Waals surface area contributed by atoms with E-state index in [1.54, 1.807) is 27.8 Å². The van der Waals surface area contributed by atoms with Crippen LogP contribution in [-0.2, 0) is 21.3 Å². The zero-order valence-corrected chi connectivity index (χ0v) is 27.1. The van der Waals surface area contributed by atoms with E-state index in [1.807, 2.05) is 83.3 Å². The molecule has 0 aliphatic carbocycles. The molecule has 3 heterocycles. The van der Waals surface area contributed by atoms with Crippen molar-refractivity contribution in [1.29, 1.82) is 0 Å². The number of ether oxygens (including phenoxy) is 2. The van der Waals surface area contributed by atoms with Crippen LogP contribution >= 0.6 is 22.9 Å². The summed E-state index contributed by atoms with van der Waals surface area (Å²) in [5.41, 5.74) is 5.38. The number of halogens is 1. The summed E-state index contributed by atoms with van der Waals surface area (Å²) in [6.45, 7) is 10.9. The molecule has 2 amide bonds. The molecule has 3 aromatic carbocycles. The van der Waals surface area contributed by atoms with Crippen LogP contribution < -0.4 is 10.2 Å². The Morgan fingerprint density at radius 2 is 1.86 bits per heavy atom. The highest BCUT2D eigenvalue weighted by Gasteiger charge is 2.34. The van der Waals surface area contributed by atoms with E-state index in [0.717, 1.165) is 53.9 Å². The van der Waals surface area contributed by atoms with Gasteiger partial charge in [-0.3, -0.25) is 9.58 Å². The highest BCUT2D eigenvalue weighted by atomic mass is 35.5. The third-order valence-corrected chi connectivity index (χ3v) is 8.87. The summed E-state index contributed by atoms with van der Waals surface area (Å²) in [5.74, 6) is 0.183. The fraction of sp³-hybridized carbons (Fsp3) is 0.333. The van der Waals surface area contributed by atoms with Gasteiger partial charge in [0.05, 0.1) is 27.9 Å². The summed E-state index contributed by atoms with van der Waals surface area (Å²) in [4.78, 5) is 32.7. The van der Waals surface area contributed by atoms with Gasteiger partial charge >= 0.3 is 12.0 Å². The van der Waals surface area contributed by atoms with Crippen LogP contribution in [-0.4, -0.2) is 52.1 Å². The maximum absolute atomic E-state index is 13.4. The zero-order chi connectivity index (χ0) is 31.3. The molecule has 228 valence electrons.